The molecule has 2 aromatic rings. The number of anilines is 1. The van der Waals surface area contributed by atoms with Gasteiger partial charge in [-0.3, -0.25) is 0 Å². The average Bonchev–Trinajstić information content (AvgIpc) is 2.36. The maximum absolute atomic E-state index is 13.7. The smallest absolute Gasteiger partial charge is 0.150 e. The highest BCUT2D eigenvalue weighted by molar-refractivity contribution is 9.10. The predicted molar refractivity (Wildman–Crippen MR) is 77.2 cm³/mol. The quantitative estimate of drug-likeness (QED) is 0.831. The molecule has 0 bridgehead atoms. The minimum Gasteiger partial charge on any atom is -0.379 e. The largest absolute Gasteiger partial charge is 0.379 e. The molecular weight excluding hydrogens is 331 g/mol. The van der Waals surface area contributed by atoms with Gasteiger partial charge in [-0.15, -0.1) is 0 Å². The Labute approximate surface area is 123 Å². The molecular formula is C15H13BrF3N. The van der Waals surface area contributed by atoms with Crippen molar-refractivity contribution in [3.05, 3.63) is 63.9 Å². The minimum atomic E-state index is -0.650. The highest BCUT2D eigenvalue weighted by Gasteiger charge is 2.12. The zero-order chi connectivity index (χ0) is 14.7. The van der Waals surface area contributed by atoms with E-state index in [1.807, 2.05) is 6.92 Å². The molecule has 0 heterocycles. The van der Waals surface area contributed by atoms with E-state index in [2.05, 4.69) is 21.2 Å². The Hall–Kier alpha value is -1.49. The fourth-order valence-electron chi connectivity index (χ4n) is 1.95. The van der Waals surface area contributed by atoms with Crippen LogP contribution in [0.5, 0.6) is 0 Å². The van der Waals surface area contributed by atoms with Crippen LogP contribution in [0.1, 0.15) is 12.5 Å². The molecule has 0 aliphatic carbocycles. The number of nitrogens with one attached hydrogen (secondary N) is 1. The van der Waals surface area contributed by atoms with Crippen LogP contribution in [0.3, 0.4) is 0 Å². The summed E-state index contributed by atoms with van der Waals surface area (Å²) in [5, 5.41) is 2.99. The van der Waals surface area contributed by atoms with Crippen molar-refractivity contribution in [1.82, 2.24) is 0 Å². The number of benzene rings is 2. The van der Waals surface area contributed by atoms with E-state index < -0.39 is 11.6 Å². The van der Waals surface area contributed by atoms with Crippen LogP contribution < -0.4 is 5.32 Å². The number of hydrogen-bond acceptors (Lipinski definition) is 1. The minimum absolute atomic E-state index is 0.0864. The summed E-state index contributed by atoms with van der Waals surface area (Å²) < 4.78 is 39.8. The van der Waals surface area contributed by atoms with Crippen LogP contribution in [0.4, 0.5) is 18.9 Å². The molecule has 0 saturated carbocycles. The summed E-state index contributed by atoms with van der Waals surface area (Å²) >= 11 is 3.13. The zero-order valence-electron chi connectivity index (χ0n) is 10.8. The van der Waals surface area contributed by atoms with Crippen molar-refractivity contribution in [2.24, 2.45) is 0 Å². The zero-order valence-corrected chi connectivity index (χ0v) is 12.3. The Bertz CT molecular complexity index is 576. The van der Waals surface area contributed by atoms with E-state index in [-0.39, 0.29) is 17.5 Å². The van der Waals surface area contributed by atoms with E-state index in [4.69, 9.17) is 0 Å². The second-order valence-electron chi connectivity index (χ2n) is 4.62. The maximum Gasteiger partial charge on any atom is 0.150 e. The lowest BCUT2D eigenvalue weighted by Crippen LogP contribution is -2.19. The lowest BCUT2D eigenvalue weighted by molar-refractivity contribution is 0.581. The first-order valence-electron chi connectivity index (χ1n) is 6.11. The van der Waals surface area contributed by atoms with Crippen molar-refractivity contribution in [3.63, 3.8) is 0 Å². The fraction of sp³-hybridized carbons (Fsp3) is 0.200. The second kappa shape index (κ2) is 6.31. The third-order valence-corrected chi connectivity index (χ3v) is 3.48. The lowest BCUT2D eigenvalue weighted by Gasteiger charge is -2.17. The van der Waals surface area contributed by atoms with Gasteiger partial charge in [0, 0.05) is 16.6 Å². The van der Waals surface area contributed by atoms with Crippen molar-refractivity contribution < 1.29 is 13.2 Å². The average molecular weight is 344 g/mol. The summed E-state index contributed by atoms with van der Waals surface area (Å²) in [5.74, 6) is -1.57. The van der Waals surface area contributed by atoms with E-state index in [0.717, 1.165) is 11.6 Å². The van der Waals surface area contributed by atoms with Crippen LogP contribution in [0.25, 0.3) is 0 Å². The van der Waals surface area contributed by atoms with Gasteiger partial charge in [-0.05, 0) is 53.0 Å². The van der Waals surface area contributed by atoms with E-state index >= 15 is 0 Å². The van der Waals surface area contributed by atoms with Crippen LogP contribution in [-0.2, 0) is 6.42 Å². The summed E-state index contributed by atoms with van der Waals surface area (Å²) in [6.07, 6.45) is 0.601. The van der Waals surface area contributed by atoms with Crippen LogP contribution in [-0.4, -0.2) is 6.04 Å². The Morgan fingerprint density at radius 2 is 1.70 bits per heavy atom. The Morgan fingerprint density at radius 3 is 2.30 bits per heavy atom. The Kier molecular flexibility index (Phi) is 4.70. The van der Waals surface area contributed by atoms with Gasteiger partial charge in [0.25, 0.3) is 0 Å². The van der Waals surface area contributed by atoms with Crippen molar-refractivity contribution >= 4 is 21.6 Å². The molecule has 0 saturated heterocycles. The molecule has 2 rings (SSSR count). The molecule has 0 aliphatic rings. The third-order valence-electron chi connectivity index (χ3n) is 2.85. The topological polar surface area (TPSA) is 12.0 Å². The summed E-state index contributed by atoms with van der Waals surface area (Å²) in [5.41, 5.74) is 1.16. The molecule has 2 aromatic carbocycles. The molecule has 5 heteroatoms. The maximum atomic E-state index is 13.7. The highest BCUT2D eigenvalue weighted by atomic mass is 79.9. The molecule has 0 fully saturated rings. The van der Waals surface area contributed by atoms with Crippen molar-refractivity contribution in [2.45, 2.75) is 19.4 Å². The third kappa shape index (κ3) is 3.76. The first-order valence-corrected chi connectivity index (χ1v) is 6.90. The first kappa shape index (κ1) is 14.9. The van der Waals surface area contributed by atoms with E-state index in [9.17, 15) is 13.2 Å². The number of rotatable bonds is 4. The summed E-state index contributed by atoms with van der Waals surface area (Å²) in [7, 11) is 0. The molecule has 20 heavy (non-hydrogen) atoms. The van der Waals surface area contributed by atoms with Gasteiger partial charge >= 0.3 is 0 Å². The van der Waals surface area contributed by atoms with Gasteiger partial charge in [-0.25, -0.2) is 13.2 Å². The SMILES string of the molecule is CC(Cc1ccc(F)cc1)Nc1c(F)cc(F)cc1Br. The van der Waals surface area contributed by atoms with Crippen LogP contribution in [0.2, 0.25) is 0 Å². The first-order chi connectivity index (χ1) is 9.45. The lowest BCUT2D eigenvalue weighted by atomic mass is 10.1. The molecule has 0 spiro atoms. The van der Waals surface area contributed by atoms with Gasteiger partial charge in [0.05, 0.1) is 5.69 Å². The van der Waals surface area contributed by atoms with Gasteiger partial charge in [0.1, 0.15) is 17.5 Å². The molecule has 0 aromatic heterocycles. The van der Waals surface area contributed by atoms with Gasteiger partial charge < -0.3 is 5.32 Å². The van der Waals surface area contributed by atoms with Crippen molar-refractivity contribution in [1.29, 1.82) is 0 Å². The second-order valence-corrected chi connectivity index (χ2v) is 5.47. The van der Waals surface area contributed by atoms with Crippen LogP contribution in [0, 0.1) is 17.5 Å². The Balaban J connectivity index is 2.08. The Morgan fingerprint density at radius 1 is 1.05 bits per heavy atom. The number of halogens is 4. The van der Waals surface area contributed by atoms with E-state index in [1.54, 1.807) is 12.1 Å². The monoisotopic (exact) mass is 343 g/mol. The molecule has 0 radical (unpaired) electrons. The molecule has 0 aliphatic heterocycles. The van der Waals surface area contributed by atoms with Crippen molar-refractivity contribution in [2.75, 3.05) is 5.32 Å². The summed E-state index contributed by atoms with van der Waals surface area (Å²) in [6, 6.07) is 8.09. The van der Waals surface area contributed by atoms with Gasteiger partial charge in [0.2, 0.25) is 0 Å². The molecule has 1 atom stereocenters. The van der Waals surface area contributed by atoms with Crippen LogP contribution in [0.15, 0.2) is 40.9 Å². The van der Waals surface area contributed by atoms with Gasteiger partial charge in [0.15, 0.2) is 0 Å². The molecule has 1 N–H and O–H groups in total. The molecule has 106 valence electrons. The summed E-state index contributed by atoms with van der Waals surface area (Å²) in [4.78, 5) is 0. The van der Waals surface area contributed by atoms with Gasteiger partial charge in [-0.1, -0.05) is 12.1 Å². The molecule has 1 unspecified atom stereocenters. The molecule has 1 nitrogen and oxygen atoms in total. The normalized spacial score (nSPS) is 12.2. The standard InChI is InChI=1S/C15H13BrF3N/c1-9(6-10-2-4-11(17)5-3-10)20-15-13(16)7-12(18)8-14(15)19/h2-5,7-9,20H,6H2,1H3. The summed E-state index contributed by atoms with van der Waals surface area (Å²) in [6.45, 7) is 1.87. The van der Waals surface area contributed by atoms with E-state index in [1.165, 1.54) is 18.2 Å². The fourth-order valence-corrected chi connectivity index (χ4v) is 2.47. The number of hydrogen-bond donors (Lipinski definition) is 1. The highest BCUT2D eigenvalue weighted by Crippen LogP contribution is 2.27. The van der Waals surface area contributed by atoms with Crippen molar-refractivity contribution in [3.8, 4) is 0 Å². The molecule has 0 amide bonds. The predicted octanol–water partition coefficient (Wildman–Crippen LogP) is 4.91. The van der Waals surface area contributed by atoms with E-state index in [0.29, 0.717) is 10.9 Å². The van der Waals surface area contributed by atoms with Crippen LogP contribution >= 0.6 is 15.9 Å². The van der Waals surface area contributed by atoms with Gasteiger partial charge in [-0.2, -0.15) is 0 Å².